The second-order valence-electron chi connectivity index (χ2n) is 11.4. The van der Waals surface area contributed by atoms with E-state index >= 15 is 0 Å². The molecule has 0 aliphatic rings. The van der Waals surface area contributed by atoms with Crippen LogP contribution in [0.2, 0.25) is 0 Å². The van der Waals surface area contributed by atoms with Crippen LogP contribution in [0.5, 0.6) is 0 Å². The van der Waals surface area contributed by atoms with E-state index in [4.69, 9.17) is 24.4 Å². The standard InChI is InChI=1S/C28H33N6O/c1-16-10-11-17-18-12-13-19(22-30-25(27(2,3)4)32-26(31-22)28(5,6)7)29-23(18)35-21(17)20(16)24-33(8)14-15-34(24)9/h10-15H,1-9H3/q+1. The molecule has 7 nitrogen and oxygen atoms in total. The van der Waals surface area contributed by atoms with Crippen LogP contribution in [0.25, 0.3) is 45.0 Å². The second-order valence-corrected chi connectivity index (χ2v) is 11.4. The van der Waals surface area contributed by atoms with Crippen LogP contribution in [0.15, 0.2) is 41.1 Å². The number of hydrogen-bond acceptors (Lipinski definition) is 5. The quantitative estimate of drug-likeness (QED) is 0.316. The third-order valence-corrected chi connectivity index (χ3v) is 6.33. The van der Waals surface area contributed by atoms with Crippen LogP contribution in [0.3, 0.4) is 0 Å². The van der Waals surface area contributed by atoms with Crippen molar-refractivity contribution < 1.29 is 8.98 Å². The van der Waals surface area contributed by atoms with Gasteiger partial charge < -0.3 is 4.42 Å². The first-order chi connectivity index (χ1) is 16.3. The Bertz CT molecular complexity index is 1540. The third kappa shape index (κ3) is 3.89. The Labute approximate surface area is 205 Å². The fraction of sp³-hybridized carbons (Fsp3) is 0.393. The van der Waals surface area contributed by atoms with Crippen molar-refractivity contribution in [3.8, 4) is 22.9 Å². The van der Waals surface area contributed by atoms with Gasteiger partial charge in [-0.2, -0.15) is 0 Å². The molecule has 0 radical (unpaired) electrons. The van der Waals surface area contributed by atoms with E-state index in [0.717, 1.165) is 45.0 Å². The SMILES string of the molecule is Cc1ccc2c(oc3nc(-c4nc(C(C)(C)C)nc(C(C)(C)C)n4)ccc32)c1-c1n(C)cc[n+]1C. The number of rotatable bonds is 2. The number of nitrogens with zero attached hydrogens (tertiary/aromatic N) is 6. The topological polar surface area (TPSA) is 73.5 Å². The van der Waals surface area contributed by atoms with Gasteiger partial charge in [0.25, 0.3) is 5.82 Å². The lowest BCUT2D eigenvalue weighted by Gasteiger charge is -2.22. The number of aryl methyl sites for hydroxylation is 3. The van der Waals surface area contributed by atoms with Crippen molar-refractivity contribution in [1.29, 1.82) is 0 Å². The second kappa shape index (κ2) is 7.70. The fourth-order valence-electron chi connectivity index (χ4n) is 4.33. The van der Waals surface area contributed by atoms with Crippen molar-refractivity contribution >= 4 is 22.1 Å². The molecule has 0 saturated carbocycles. The molecular weight excluding hydrogens is 436 g/mol. The van der Waals surface area contributed by atoms with Gasteiger partial charge in [0.05, 0.1) is 14.1 Å². The first-order valence-corrected chi connectivity index (χ1v) is 12.0. The van der Waals surface area contributed by atoms with Crippen LogP contribution in [0, 0.1) is 6.92 Å². The van der Waals surface area contributed by atoms with Crippen LogP contribution in [0.4, 0.5) is 0 Å². The highest BCUT2D eigenvalue weighted by atomic mass is 16.3. The Kier molecular flexibility index (Phi) is 5.09. The van der Waals surface area contributed by atoms with E-state index in [1.54, 1.807) is 0 Å². The van der Waals surface area contributed by atoms with Crippen molar-refractivity contribution in [3.05, 3.63) is 53.9 Å². The smallest absolute Gasteiger partial charge is 0.292 e. The van der Waals surface area contributed by atoms with Crippen molar-refractivity contribution in [2.24, 2.45) is 14.1 Å². The summed E-state index contributed by atoms with van der Waals surface area (Å²) in [5.74, 6) is 3.16. The Morgan fingerprint density at radius 1 is 0.829 bits per heavy atom. The lowest BCUT2D eigenvalue weighted by molar-refractivity contribution is -0.659. The molecule has 0 fully saturated rings. The number of hydrogen-bond donors (Lipinski definition) is 0. The maximum atomic E-state index is 6.45. The molecular formula is C28H33N6O+. The van der Waals surface area contributed by atoms with E-state index in [2.05, 4.69) is 75.8 Å². The predicted octanol–water partition coefficient (Wildman–Crippen LogP) is 5.57. The van der Waals surface area contributed by atoms with Crippen LogP contribution in [0.1, 0.15) is 58.8 Å². The van der Waals surface area contributed by atoms with Gasteiger partial charge in [-0.15, -0.1) is 0 Å². The van der Waals surface area contributed by atoms with Gasteiger partial charge in [0, 0.05) is 21.6 Å². The molecule has 4 aromatic heterocycles. The summed E-state index contributed by atoms with van der Waals surface area (Å²) in [6.07, 6.45) is 4.10. The van der Waals surface area contributed by atoms with Gasteiger partial charge >= 0.3 is 0 Å². The zero-order valence-corrected chi connectivity index (χ0v) is 22.1. The lowest BCUT2D eigenvalue weighted by atomic mass is 9.93. The van der Waals surface area contributed by atoms with Gasteiger partial charge in [0.15, 0.2) is 11.4 Å². The van der Waals surface area contributed by atoms with Gasteiger partial charge in [-0.05, 0) is 24.6 Å². The zero-order valence-electron chi connectivity index (χ0n) is 22.1. The van der Waals surface area contributed by atoms with Crippen molar-refractivity contribution in [2.45, 2.75) is 59.3 Å². The van der Waals surface area contributed by atoms with Gasteiger partial charge in [-0.25, -0.2) is 29.1 Å². The third-order valence-electron chi connectivity index (χ3n) is 6.33. The number of imidazole rings is 1. The summed E-state index contributed by atoms with van der Waals surface area (Å²) >= 11 is 0. The minimum Gasteiger partial charge on any atom is -0.437 e. The Morgan fingerprint density at radius 3 is 2.03 bits per heavy atom. The molecule has 7 heteroatoms. The number of aromatic nitrogens is 6. The summed E-state index contributed by atoms with van der Waals surface area (Å²) in [6, 6.07) is 8.30. The highest BCUT2D eigenvalue weighted by molar-refractivity contribution is 6.08. The molecule has 0 atom stereocenters. The van der Waals surface area contributed by atoms with Crippen LogP contribution in [-0.2, 0) is 24.9 Å². The Hall–Kier alpha value is -3.61. The zero-order chi connectivity index (χ0) is 25.3. The molecule has 35 heavy (non-hydrogen) atoms. The van der Waals surface area contributed by atoms with Crippen LogP contribution >= 0.6 is 0 Å². The van der Waals surface area contributed by atoms with Gasteiger partial charge in [-0.3, -0.25) is 0 Å². The number of furan rings is 1. The van der Waals surface area contributed by atoms with E-state index in [0.29, 0.717) is 17.2 Å². The predicted molar refractivity (Wildman–Crippen MR) is 138 cm³/mol. The fourth-order valence-corrected chi connectivity index (χ4v) is 4.33. The highest BCUT2D eigenvalue weighted by Gasteiger charge is 2.27. The molecule has 0 spiro atoms. The summed E-state index contributed by atoms with van der Waals surface area (Å²) in [7, 11) is 4.10. The summed E-state index contributed by atoms with van der Waals surface area (Å²) in [6.45, 7) is 14.8. The van der Waals surface area contributed by atoms with Gasteiger partial charge in [-0.1, -0.05) is 53.7 Å². The summed E-state index contributed by atoms with van der Waals surface area (Å²) in [5.41, 5.74) is 3.90. The summed E-state index contributed by atoms with van der Waals surface area (Å²) in [5, 5.41) is 2.02. The van der Waals surface area contributed by atoms with Crippen LogP contribution in [-0.4, -0.2) is 24.5 Å². The normalized spacial score (nSPS) is 12.7. The van der Waals surface area contributed by atoms with E-state index < -0.39 is 0 Å². The first-order valence-electron chi connectivity index (χ1n) is 12.0. The molecule has 4 heterocycles. The van der Waals surface area contributed by atoms with Crippen molar-refractivity contribution in [1.82, 2.24) is 24.5 Å². The van der Waals surface area contributed by atoms with Crippen LogP contribution < -0.4 is 4.57 Å². The summed E-state index contributed by atoms with van der Waals surface area (Å²) < 4.78 is 10.7. The Morgan fingerprint density at radius 2 is 1.46 bits per heavy atom. The number of pyridine rings is 1. The molecule has 5 aromatic rings. The number of fused-ring (bicyclic) bond motifs is 3. The van der Waals surface area contributed by atoms with E-state index in [1.807, 2.05) is 32.6 Å². The first kappa shape index (κ1) is 23.1. The molecule has 0 bridgehead atoms. The highest BCUT2D eigenvalue weighted by Crippen LogP contribution is 2.37. The van der Waals surface area contributed by atoms with Crippen molar-refractivity contribution in [2.75, 3.05) is 0 Å². The average molecular weight is 470 g/mol. The maximum absolute atomic E-state index is 6.45. The molecule has 180 valence electrons. The maximum Gasteiger partial charge on any atom is 0.292 e. The molecule has 0 aliphatic heterocycles. The molecule has 0 saturated heterocycles. The summed E-state index contributed by atoms with van der Waals surface area (Å²) in [4.78, 5) is 19.3. The molecule has 0 unspecified atom stereocenters. The largest absolute Gasteiger partial charge is 0.437 e. The minimum absolute atomic E-state index is 0.210. The number of benzene rings is 1. The monoisotopic (exact) mass is 469 g/mol. The van der Waals surface area contributed by atoms with E-state index in [9.17, 15) is 0 Å². The van der Waals surface area contributed by atoms with E-state index in [1.165, 1.54) is 0 Å². The van der Waals surface area contributed by atoms with Gasteiger partial charge in [0.1, 0.15) is 35.3 Å². The van der Waals surface area contributed by atoms with E-state index in [-0.39, 0.29) is 10.8 Å². The molecule has 0 aliphatic carbocycles. The molecule has 0 N–H and O–H groups in total. The molecule has 0 amide bonds. The lowest BCUT2D eigenvalue weighted by Crippen LogP contribution is -2.29. The molecule has 5 rings (SSSR count). The average Bonchev–Trinajstić information content (AvgIpc) is 3.31. The van der Waals surface area contributed by atoms with Crippen molar-refractivity contribution in [3.63, 3.8) is 0 Å². The molecule has 1 aromatic carbocycles. The minimum atomic E-state index is -0.210. The Balaban J connectivity index is 1.74. The van der Waals surface area contributed by atoms with Gasteiger partial charge in [0.2, 0.25) is 5.71 Å².